The summed E-state index contributed by atoms with van der Waals surface area (Å²) < 4.78 is 0. The van der Waals surface area contributed by atoms with Crippen molar-refractivity contribution in [3.8, 4) is 0 Å². The van der Waals surface area contributed by atoms with Gasteiger partial charge in [-0.2, -0.15) is 0 Å². The minimum absolute atomic E-state index is 0.460. The highest BCUT2D eigenvalue weighted by Gasteiger charge is 2.25. The van der Waals surface area contributed by atoms with Crippen LogP contribution in [0.25, 0.3) is 0 Å². The minimum Gasteiger partial charge on any atom is -0.346 e. The van der Waals surface area contributed by atoms with Crippen molar-refractivity contribution in [2.75, 3.05) is 13.1 Å². The van der Waals surface area contributed by atoms with Crippen LogP contribution >= 0.6 is 0 Å². The molecule has 1 aliphatic heterocycles. The molecule has 1 aromatic heterocycles. The van der Waals surface area contributed by atoms with Gasteiger partial charge in [0.25, 0.3) is 0 Å². The van der Waals surface area contributed by atoms with Crippen LogP contribution in [0.4, 0.5) is 0 Å². The third-order valence-electron chi connectivity index (χ3n) is 2.27. The Morgan fingerprint density at radius 1 is 1.33 bits per heavy atom. The molecule has 0 aliphatic carbocycles. The van der Waals surface area contributed by atoms with Gasteiger partial charge in [0, 0.05) is 32.0 Å². The number of rotatable bonds is 2. The van der Waals surface area contributed by atoms with E-state index >= 15 is 0 Å². The molecule has 2 rings (SSSR count). The van der Waals surface area contributed by atoms with Crippen molar-refractivity contribution in [2.45, 2.75) is 6.54 Å². The van der Waals surface area contributed by atoms with Gasteiger partial charge < -0.3 is 10.2 Å². The molecule has 2 heterocycles. The van der Waals surface area contributed by atoms with Gasteiger partial charge in [0.1, 0.15) is 0 Å². The van der Waals surface area contributed by atoms with E-state index in [0.717, 1.165) is 5.56 Å². The molecule has 5 nitrogen and oxygen atoms in total. The Kier molecular flexibility index (Phi) is 2.62. The molecule has 1 saturated heterocycles. The van der Waals surface area contributed by atoms with Gasteiger partial charge in [0.2, 0.25) is 0 Å². The standard InChI is InChI=1S/C10H11N3O2/c14-9-10(15)13(6-5-12-9)7-8-1-3-11-4-2-8/h1-4H,5-7H2,(H,12,14). The molecule has 0 aromatic carbocycles. The van der Waals surface area contributed by atoms with Crippen LogP contribution in [0.15, 0.2) is 24.5 Å². The number of hydrogen-bond acceptors (Lipinski definition) is 3. The van der Waals surface area contributed by atoms with Gasteiger partial charge in [-0.05, 0) is 17.7 Å². The van der Waals surface area contributed by atoms with E-state index in [9.17, 15) is 9.59 Å². The first-order valence-electron chi connectivity index (χ1n) is 4.73. The lowest BCUT2D eigenvalue weighted by molar-refractivity contribution is -0.148. The van der Waals surface area contributed by atoms with Crippen LogP contribution in [0.3, 0.4) is 0 Å². The largest absolute Gasteiger partial charge is 0.346 e. The number of aromatic nitrogens is 1. The van der Waals surface area contributed by atoms with Gasteiger partial charge in [-0.3, -0.25) is 14.6 Å². The highest BCUT2D eigenvalue weighted by molar-refractivity contribution is 6.35. The molecule has 0 bridgehead atoms. The first kappa shape index (κ1) is 9.64. The summed E-state index contributed by atoms with van der Waals surface area (Å²) in [7, 11) is 0. The molecule has 0 saturated carbocycles. The topological polar surface area (TPSA) is 62.3 Å². The minimum atomic E-state index is -0.518. The smallest absolute Gasteiger partial charge is 0.312 e. The summed E-state index contributed by atoms with van der Waals surface area (Å²) in [6.07, 6.45) is 3.34. The molecule has 78 valence electrons. The maximum Gasteiger partial charge on any atom is 0.312 e. The number of piperazine rings is 1. The summed E-state index contributed by atoms with van der Waals surface area (Å²) in [6.45, 7) is 1.55. The molecular weight excluding hydrogens is 194 g/mol. The van der Waals surface area contributed by atoms with E-state index in [1.165, 1.54) is 4.90 Å². The Hall–Kier alpha value is -1.91. The quantitative estimate of drug-likeness (QED) is 0.664. The molecule has 1 aromatic rings. The number of hydrogen-bond donors (Lipinski definition) is 1. The summed E-state index contributed by atoms with van der Waals surface area (Å²) >= 11 is 0. The molecule has 0 radical (unpaired) electrons. The van der Waals surface area contributed by atoms with E-state index in [0.29, 0.717) is 19.6 Å². The third-order valence-corrected chi connectivity index (χ3v) is 2.27. The zero-order chi connectivity index (χ0) is 10.7. The molecule has 0 unspecified atom stereocenters. The molecule has 1 aliphatic rings. The van der Waals surface area contributed by atoms with Crippen LogP contribution in [0, 0.1) is 0 Å². The van der Waals surface area contributed by atoms with Gasteiger partial charge in [-0.15, -0.1) is 0 Å². The summed E-state index contributed by atoms with van der Waals surface area (Å²) in [5.41, 5.74) is 0.980. The summed E-state index contributed by atoms with van der Waals surface area (Å²) in [6, 6.07) is 3.67. The van der Waals surface area contributed by atoms with Crippen LogP contribution in [-0.4, -0.2) is 34.8 Å². The molecule has 1 fully saturated rings. The van der Waals surface area contributed by atoms with E-state index < -0.39 is 11.8 Å². The zero-order valence-corrected chi connectivity index (χ0v) is 8.14. The maximum atomic E-state index is 11.4. The van der Waals surface area contributed by atoms with Crippen LogP contribution in [0.1, 0.15) is 5.56 Å². The molecule has 1 N–H and O–H groups in total. The van der Waals surface area contributed by atoms with Gasteiger partial charge >= 0.3 is 11.8 Å². The Balaban J connectivity index is 2.06. The molecule has 0 atom stereocenters. The molecule has 0 spiro atoms. The molecule has 2 amide bonds. The van der Waals surface area contributed by atoms with Crippen LogP contribution < -0.4 is 5.32 Å². The number of pyridine rings is 1. The Morgan fingerprint density at radius 2 is 2.07 bits per heavy atom. The van der Waals surface area contributed by atoms with Gasteiger partial charge in [-0.1, -0.05) is 0 Å². The number of carbonyl (C=O) groups is 2. The van der Waals surface area contributed by atoms with Crippen molar-refractivity contribution < 1.29 is 9.59 Å². The molecule has 5 heteroatoms. The van der Waals surface area contributed by atoms with Crippen LogP contribution in [-0.2, 0) is 16.1 Å². The van der Waals surface area contributed by atoms with Crippen molar-refractivity contribution in [2.24, 2.45) is 0 Å². The Bertz CT molecular complexity index is 378. The lowest BCUT2D eigenvalue weighted by Gasteiger charge is -2.26. The normalized spacial score (nSPS) is 16.4. The first-order chi connectivity index (χ1) is 7.27. The SMILES string of the molecule is O=C1NCCN(Cc2ccncc2)C1=O. The second-order valence-electron chi connectivity index (χ2n) is 3.34. The number of amides is 2. The van der Waals surface area contributed by atoms with Gasteiger partial charge in [-0.25, -0.2) is 0 Å². The monoisotopic (exact) mass is 205 g/mol. The summed E-state index contributed by atoms with van der Waals surface area (Å²) in [4.78, 5) is 27.9. The van der Waals surface area contributed by atoms with Crippen LogP contribution in [0.5, 0.6) is 0 Å². The fourth-order valence-corrected chi connectivity index (χ4v) is 1.48. The predicted octanol–water partition coefficient (Wildman–Crippen LogP) is -0.460. The fourth-order valence-electron chi connectivity index (χ4n) is 1.48. The molecule has 15 heavy (non-hydrogen) atoms. The number of carbonyl (C=O) groups excluding carboxylic acids is 2. The van der Waals surface area contributed by atoms with E-state index in [-0.39, 0.29) is 0 Å². The van der Waals surface area contributed by atoms with Crippen molar-refractivity contribution in [1.29, 1.82) is 0 Å². The van der Waals surface area contributed by atoms with Crippen molar-refractivity contribution >= 4 is 11.8 Å². The Labute approximate surface area is 87.1 Å². The second kappa shape index (κ2) is 4.08. The lowest BCUT2D eigenvalue weighted by atomic mass is 10.2. The first-order valence-corrected chi connectivity index (χ1v) is 4.73. The van der Waals surface area contributed by atoms with Crippen LogP contribution in [0.2, 0.25) is 0 Å². The van der Waals surface area contributed by atoms with Crippen molar-refractivity contribution in [3.05, 3.63) is 30.1 Å². The highest BCUT2D eigenvalue weighted by atomic mass is 16.2. The average Bonchev–Trinajstić information content (AvgIpc) is 2.26. The number of nitrogens with one attached hydrogen (secondary N) is 1. The highest BCUT2D eigenvalue weighted by Crippen LogP contribution is 2.05. The Morgan fingerprint density at radius 3 is 2.80 bits per heavy atom. The van der Waals surface area contributed by atoms with E-state index in [2.05, 4.69) is 10.3 Å². The molecular formula is C10H11N3O2. The van der Waals surface area contributed by atoms with Gasteiger partial charge in [0.05, 0.1) is 0 Å². The predicted molar refractivity (Wildman–Crippen MR) is 52.7 cm³/mol. The zero-order valence-electron chi connectivity index (χ0n) is 8.14. The summed E-state index contributed by atoms with van der Waals surface area (Å²) in [5, 5.41) is 2.51. The van der Waals surface area contributed by atoms with E-state index in [4.69, 9.17) is 0 Å². The van der Waals surface area contributed by atoms with E-state index in [1.807, 2.05) is 12.1 Å². The average molecular weight is 205 g/mol. The van der Waals surface area contributed by atoms with E-state index in [1.54, 1.807) is 12.4 Å². The maximum absolute atomic E-state index is 11.4. The number of nitrogens with zero attached hydrogens (tertiary/aromatic N) is 2. The fraction of sp³-hybridized carbons (Fsp3) is 0.300. The van der Waals surface area contributed by atoms with Gasteiger partial charge in [0.15, 0.2) is 0 Å². The third kappa shape index (κ3) is 2.12. The van der Waals surface area contributed by atoms with Crippen molar-refractivity contribution in [3.63, 3.8) is 0 Å². The second-order valence-corrected chi connectivity index (χ2v) is 3.34. The summed E-state index contributed by atoms with van der Waals surface area (Å²) in [5.74, 6) is -0.978. The van der Waals surface area contributed by atoms with Crippen molar-refractivity contribution in [1.82, 2.24) is 15.2 Å². The lowest BCUT2D eigenvalue weighted by Crippen LogP contribution is -2.51.